The van der Waals surface area contributed by atoms with Crippen LogP contribution in [0.15, 0.2) is 0 Å². The van der Waals surface area contributed by atoms with Crippen LogP contribution in [0.5, 0.6) is 0 Å². The van der Waals surface area contributed by atoms with Gasteiger partial charge >= 0.3 is 5.97 Å². The molecule has 0 aliphatic heterocycles. The summed E-state index contributed by atoms with van der Waals surface area (Å²) in [6.45, 7) is 6.30. The first-order valence-corrected chi connectivity index (χ1v) is 5.35. The fourth-order valence-electron chi connectivity index (χ4n) is 1.50. The van der Waals surface area contributed by atoms with Crippen molar-refractivity contribution in [2.45, 2.75) is 45.2 Å². The van der Waals surface area contributed by atoms with E-state index < -0.39 is 11.5 Å². The van der Waals surface area contributed by atoms with Crippen molar-refractivity contribution in [3.8, 4) is 0 Å². The minimum absolute atomic E-state index is 0.253. The monoisotopic (exact) mass is 217 g/mol. The molecule has 0 radical (unpaired) electrons. The van der Waals surface area contributed by atoms with E-state index in [-0.39, 0.29) is 6.04 Å². The fourth-order valence-corrected chi connectivity index (χ4v) is 1.50. The van der Waals surface area contributed by atoms with Crippen LogP contribution in [0.1, 0.15) is 33.6 Å². The van der Waals surface area contributed by atoms with E-state index in [0.29, 0.717) is 13.0 Å². The topological polar surface area (TPSA) is 49.8 Å². The minimum Gasteiger partial charge on any atom is -0.480 e. The third kappa shape index (κ3) is 3.47. The van der Waals surface area contributed by atoms with E-state index in [1.54, 1.807) is 14.0 Å². The molecule has 0 bridgehead atoms. The molecule has 0 rings (SSSR count). The van der Waals surface area contributed by atoms with Crippen molar-refractivity contribution in [2.24, 2.45) is 0 Å². The number of hydrogen-bond donors (Lipinski definition) is 1. The minimum atomic E-state index is -0.842. The zero-order chi connectivity index (χ0) is 12.1. The van der Waals surface area contributed by atoms with Crippen LogP contribution in [0.25, 0.3) is 0 Å². The SMILES string of the molecule is CCC(C)N(C)C(C)(CCOC)C(=O)O. The van der Waals surface area contributed by atoms with Gasteiger partial charge in [0, 0.05) is 19.8 Å². The molecule has 90 valence electrons. The molecule has 0 heterocycles. The van der Waals surface area contributed by atoms with Crippen LogP contribution in [-0.4, -0.2) is 48.3 Å². The molecular weight excluding hydrogens is 194 g/mol. The van der Waals surface area contributed by atoms with Crippen molar-refractivity contribution in [3.63, 3.8) is 0 Å². The smallest absolute Gasteiger partial charge is 0.323 e. The summed E-state index contributed by atoms with van der Waals surface area (Å²) < 4.78 is 4.96. The lowest BCUT2D eigenvalue weighted by Gasteiger charge is -2.38. The number of carbonyl (C=O) groups is 1. The summed E-state index contributed by atoms with van der Waals surface area (Å²) in [5.74, 6) is -0.789. The first kappa shape index (κ1) is 14.4. The van der Waals surface area contributed by atoms with Gasteiger partial charge in [0.2, 0.25) is 0 Å². The van der Waals surface area contributed by atoms with Gasteiger partial charge in [-0.3, -0.25) is 9.69 Å². The van der Waals surface area contributed by atoms with Crippen molar-refractivity contribution in [3.05, 3.63) is 0 Å². The van der Waals surface area contributed by atoms with Crippen LogP contribution in [0.2, 0.25) is 0 Å². The van der Waals surface area contributed by atoms with Crippen molar-refractivity contribution in [1.29, 1.82) is 0 Å². The molecule has 0 aromatic rings. The zero-order valence-electron chi connectivity index (χ0n) is 10.4. The van der Waals surface area contributed by atoms with Crippen LogP contribution < -0.4 is 0 Å². The number of aliphatic carboxylic acids is 1. The Morgan fingerprint density at radius 2 is 2.13 bits per heavy atom. The van der Waals surface area contributed by atoms with Crippen molar-refractivity contribution < 1.29 is 14.6 Å². The Morgan fingerprint density at radius 3 is 2.47 bits per heavy atom. The van der Waals surface area contributed by atoms with Gasteiger partial charge in [-0.25, -0.2) is 0 Å². The summed E-state index contributed by atoms with van der Waals surface area (Å²) in [6, 6.07) is 0.253. The second-order valence-electron chi connectivity index (χ2n) is 4.19. The summed E-state index contributed by atoms with van der Waals surface area (Å²) >= 11 is 0. The van der Waals surface area contributed by atoms with Gasteiger partial charge in [0.05, 0.1) is 0 Å². The predicted molar refractivity (Wildman–Crippen MR) is 60.0 cm³/mol. The average molecular weight is 217 g/mol. The molecule has 0 amide bonds. The van der Waals surface area contributed by atoms with Gasteiger partial charge in [0.1, 0.15) is 5.54 Å². The first-order chi connectivity index (χ1) is 6.90. The van der Waals surface area contributed by atoms with Gasteiger partial charge in [-0.15, -0.1) is 0 Å². The molecule has 2 atom stereocenters. The van der Waals surface area contributed by atoms with Crippen LogP contribution in [0.3, 0.4) is 0 Å². The number of methoxy groups -OCH3 is 1. The van der Waals surface area contributed by atoms with E-state index in [1.807, 2.05) is 18.9 Å². The van der Waals surface area contributed by atoms with E-state index >= 15 is 0 Å². The highest BCUT2D eigenvalue weighted by molar-refractivity contribution is 5.78. The molecule has 0 aromatic heterocycles. The maximum absolute atomic E-state index is 11.3. The molecule has 0 aliphatic rings. The molecule has 4 nitrogen and oxygen atoms in total. The molecule has 0 saturated carbocycles. The second kappa shape index (κ2) is 6.08. The third-order valence-corrected chi connectivity index (χ3v) is 3.28. The van der Waals surface area contributed by atoms with Crippen LogP contribution in [-0.2, 0) is 9.53 Å². The Hall–Kier alpha value is -0.610. The molecular formula is C11H23NO3. The maximum atomic E-state index is 11.3. The molecule has 0 aromatic carbocycles. The number of ether oxygens (including phenoxy) is 1. The average Bonchev–Trinajstić information content (AvgIpc) is 2.23. The van der Waals surface area contributed by atoms with Crippen molar-refractivity contribution in [1.82, 2.24) is 4.90 Å². The fraction of sp³-hybridized carbons (Fsp3) is 0.909. The number of nitrogens with zero attached hydrogens (tertiary/aromatic N) is 1. The lowest BCUT2D eigenvalue weighted by molar-refractivity contribution is -0.152. The number of hydrogen-bond acceptors (Lipinski definition) is 3. The Labute approximate surface area is 92.2 Å². The Bertz CT molecular complexity index is 208. The van der Waals surface area contributed by atoms with E-state index in [1.165, 1.54) is 0 Å². The molecule has 4 heteroatoms. The normalized spacial score (nSPS) is 17.5. The highest BCUT2D eigenvalue weighted by Gasteiger charge is 2.38. The maximum Gasteiger partial charge on any atom is 0.323 e. The largest absolute Gasteiger partial charge is 0.480 e. The molecule has 0 saturated heterocycles. The summed E-state index contributed by atoms with van der Waals surface area (Å²) in [6.07, 6.45) is 1.44. The molecule has 2 unspecified atom stereocenters. The predicted octanol–water partition coefficient (Wildman–Crippen LogP) is 1.60. The lowest BCUT2D eigenvalue weighted by atomic mass is 9.94. The zero-order valence-corrected chi connectivity index (χ0v) is 10.4. The first-order valence-electron chi connectivity index (χ1n) is 5.35. The number of carboxylic acid groups (broad SMARTS) is 1. The summed E-state index contributed by atoms with van der Waals surface area (Å²) in [5.41, 5.74) is -0.842. The standard InChI is InChI=1S/C11H23NO3/c1-6-9(2)12(4)11(3,10(13)14)7-8-15-5/h9H,6-8H2,1-5H3,(H,13,14). The third-order valence-electron chi connectivity index (χ3n) is 3.28. The van der Waals surface area contributed by atoms with Crippen LogP contribution >= 0.6 is 0 Å². The molecule has 0 aliphatic carbocycles. The Morgan fingerprint density at radius 1 is 1.60 bits per heavy atom. The Kier molecular flexibility index (Phi) is 5.83. The quantitative estimate of drug-likeness (QED) is 0.703. The molecule has 15 heavy (non-hydrogen) atoms. The summed E-state index contributed by atoms with van der Waals surface area (Å²) in [7, 11) is 3.45. The number of rotatable bonds is 7. The van der Waals surface area contributed by atoms with Gasteiger partial charge in [-0.2, -0.15) is 0 Å². The second-order valence-corrected chi connectivity index (χ2v) is 4.19. The highest BCUT2D eigenvalue weighted by atomic mass is 16.5. The van der Waals surface area contributed by atoms with Gasteiger partial charge in [-0.05, 0) is 33.7 Å². The van der Waals surface area contributed by atoms with E-state index in [4.69, 9.17) is 4.74 Å². The van der Waals surface area contributed by atoms with Gasteiger partial charge in [0.25, 0.3) is 0 Å². The van der Waals surface area contributed by atoms with E-state index in [9.17, 15) is 9.90 Å². The molecule has 1 N–H and O–H groups in total. The van der Waals surface area contributed by atoms with Crippen molar-refractivity contribution in [2.75, 3.05) is 20.8 Å². The summed E-state index contributed by atoms with van der Waals surface area (Å²) in [4.78, 5) is 13.2. The van der Waals surface area contributed by atoms with Gasteiger partial charge in [0.15, 0.2) is 0 Å². The molecule has 0 spiro atoms. The van der Waals surface area contributed by atoms with Crippen molar-refractivity contribution >= 4 is 5.97 Å². The summed E-state index contributed by atoms with van der Waals surface area (Å²) in [5, 5.41) is 9.28. The van der Waals surface area contributed by atoms with Gasteiger partial charge < -0.3 is 9.84 Å². The van der Waals surface area contributed by atoms with E-state index in [2.05, 4.69) is 6.92 Å². The van der Waals surface area contributed by atoms with E-state index in [0.717, 1.165) is 6.42 Å². The van der Waals surface area contributed by atoms with Gasteiger partial charge in [-0.1, -0.05) is 6.92 Å². The number of likely N-dealkylation sites (N-methyl/N-ethyl adjacent to an activating group) is 1. The Balaban J connectivity index is 4.69. The van der Waals surface area contributed by atoms with Crippen LogP contribution in [0, 0.1) is 0 Å². The van der Waals surface area contributed by atoms with Crippen LogP contribution in [0.4, 0.5) is 0 Å². The lowest BCUT2D eigenvalue weighted by Crippen LogP contribution is -2.54. The number of carboxylic acids is 1. The highest BCUT2D eigenvalue weighted by Crippen LogP contribution is 2.22. The molecule has 0 fully saturated rings.